The Balaban J connectivity index is 2.62. The molecular formula is C11H13BrFNO2. The average molecular weight is 290 g/mol. The first-order valence-electron chi connectivity index (χ1n) is 4.67. The van der Waals surface area contributed by atoms with Gasteiger partial charge >= 0.3 is 0 Å². The topological polar surface area (TPSA) is 30.8 Å². The number of nitrogens with zero attached hydrogens (tertiary/aromatic N) is 1. The molecule has 0 saturated heterocycles. The molecule has 0 aromatic heterocycles. The summed E-state index contributed by atoms with van der Waals surface area (Å²) in [5.41, 5.74) is 0.692. The molecule has 0 aliphatic heterocycles. The first kappa shape index (κ1) is 13.3. The van der Waals surface area contributed by atoms with E-state index in [1.165, 1.54) is 12.1 Å². The van der Waals surface area contributed by atoms with Gasteiger partial charge in [-0.15, -0.1) is 0 Å². The third kappa shape index (κ3) is 4.38. The van der Waals surface area contributed by atoms with Crippen LogP contribution in [0, 0.1) is 5.82 Å². The van der Waals surface area contributed by atoms with E-state index in [4.69, 9.17) is 9.47 Å². The molecular weight excluding hydrogens is 277 g/mol. The molecule has 0 atom stereocenters. The lowest BCUT2D eigenvalue weighted by Crippen LogP contribution is -2.16. The lowest BCUT2D eigenvalue weighted by molar-refractivity contribution is -0.0936. The van der Waals surface area contributed by atoms with Crippen LogP contribution in [0.5, 0.6) is 0 Å². The van der Waals surface area contributed by atoms with Crippen molar-refractivity contribution in [2.45, 2.75) is 6.29 Å². The number of aliphatic imine (C=N–C) groups is 1. The van der Waals surface area contributed by atoms with Crippen molar-refractivity contribution < 1.29 is 13.9 Å². The standard InChI is InChI=1S/C11H13BrFNO2/c1-15-11(16-2)7-14-6-8-3-9(12)5-10(13)4-8/h3-6,11H,7H2,1-2H3. The van der Waals surface area contributed by atoms with Gasteiger partial charge in [-0.1, -0.05) is 15.9 Å². The van der Waals surface area contributed by atoms with Gasteiger partial charge in [-0.2, -0.15) is 0 Å². The lowest BCUT2D eigenvalue weighted by Gasteiger charge is -2.09. The van der Waals surface area contributed by atoms with Crippen LogP contribution in [0.2, 0.25) is 0 Å². The van der Waals surface area contributed by atoms with Gasteiger partial charge in [-0.3, -0.25) is 4.99 Å². The predicted octanol–water partition coefficient (Wildman–Crippen LogP) is 2.63. The molecule has 0 spiro atoms. The van der Waals surface area contributed by atoms with Crippen LogP contribution >= 0.6 is 15.9 Å². The molecule has 1 rings (SSSR count). The Kier molecular flexibility index (Phi) is 5.59. The summed E-state index contributed by atoms with van der Waals surface area (Å²) in [6, 6.07) is 4.58. The van der Waals surface area contributed by atoms with E-state index in [2.05, 4.69) is 20.9 Å². The van der Waals surface area contributed by atoms with Crippen LogP contribution < -0.4 is 0 Å². The van der Waals surface area contributed by atoms with Gasteiger partial charge in [0, 0.05) is 24.9 Å². The van der Waals surface area contributed by atoms with Gasteiger partial charge in [0.1, 0.15) is 5.82 Å². The number of hydrogen-bond acceptors (Lipinski definition) is 3. The molecule has 0 fully saturated rings. The number of halogens is 2. The second kappa shape index (κ2) is 6.73. The van der Waals surface area contributed by atoms with E-state index in [0.717, 1.165) is 0 Å². The minimum absolute atomic E-state index is 0.300. The van der Waals surface area contributed by atoms with Crippen molar-refractivity contribution in [2.24, 2.45) is 4.99 Å². The third-order valence-electron chi connectivity index (χ3n) is 1.91. The molecule has 88 valence electrons. The van der Waals surface area contributed by atoms with Crippen molar-refractivity contribution in [1.82, 2.24) is 0 Å². The van der Waals surface area contributed by atoms with Crippen molar-refractivity contribution in [2.75, 3.05) is 20.8 Å². The van der Waals surface area contributed by atoms with E-state index in [1.54, 1.807) is 26.5 Å². The highest BCUT2D eigenvalue weighted by Crippen LogP contribution is 2.13. The Morgan fingerprint density at radius 1 is 1.38 bits per heavy atom. The smallest absolute Gasteiger partial charge is 0.176 e. The maximum absolute atomic E-state index is 13.0. The first-order chi connectivity index (χ1) is 7.65. The molecule has 5 heteroatoms. The Hall–Kier alpha value is -0.780. The van der Waals surface area contributed by atoms with Gasteiger partial charge in [0.15, 0.2) is 6.29 Å². The summed E-state index contributed by atoms with van der Waals surface area (Å²) < 4.78 is 23.6. The van der Waals surface area contributed by atoms with Crippen LogP contribution in [0.25, 0.3) is 0 Å². The van der Waals surface area contributed by atoms with Crippen LogP contribution in [0.3, 0.4) is 0 Å². The summed E-state index contributed by atoms with van der Waals surface area (Å²) in [5.74, 6) is -0.300. The zero-order valence-electron chi connectivity index (χ0n) is 9.11. The molecule has 1 aromatic carbocycles. The highest BCUT2D eigenvalue weighted by Gasteiger charge is 2.02. The van der Waals surface area contributed by atoms with Crippen molar-refractivity contribution in [1.29, 1.82) is 0 Å². The Labute approximate surface area is 102 Å². The molecule has 3 nitrogen and oxygen atoms in total. The minimum atomic E-state index is -0.367. The molecule has 0 heterocycles. The zero-order chi connectivity index (χ0) is 12.0. The maximum Gasteiger partial charge on any atom is 0.176 e. The highest BCUT2D eigenvalue weighted by molar-refractivity contribution is 9.10. The summed E-state index contributed by atoms with van der Waals surface area (Å²) in [7, 11) is 3.09. The van der Waals surface area contributed by atoms with Gasteiger partial charge in [0.05, 0.1) is 6.54 Å². The normalized spacial score (nSPS) is 11.6. The fourth-order valence-electron chi connectivity index (χ4n) is 1.14. The number of hydrogen-bond donors (Lipinski definition) is 0. The first-order valence-corrected chi connectivity index (χ1v) is 5.46. The fraction of sp³-hybridized carbons (Fsp3) is 0.364. The van der Waals surface area contributed by atoms with Gasteiger partial charge in [0.25, 0.3) is 0 Å². The monoisotopic (exact) mass is 289 g/mol. The van der Waals surface area contributed by atoms with Crippen LogP contribution in [0.15, 0.2) is 27.7 Å². The van der Waals surface area contributed by atoms with Crippen LogP contribution in [-0.4, -0.2) is 33.3 Å². The summed E-state index contributed by atoms with van der Waals surface area (Å²) in [5, 5.41) is 0. The number of methoxy groups -OCH3 is 2. The molecule has 0 aliphatic rings. The van der Waals surface area contributed by atoms with Gasteiger partial charge < -0.3 is 9.47 Å². The fourth-order valence-corrected chi connectivity index (χ4v) is 1.62. The Bertz CT molecular complexity index is 347. The molecule has 0 saturated carbocycles. The Morgan fingerprint density at radius 3 is 2.62 bits per heavy atom. The molecule has 16 heavy (non-hydrogen) atoms. The van der Waals surface area contributed by atoms with Gasteiger partial charge in [-0.25, -0.2) is 4.39 Å². The number of ether oxygens (including phenoxy) is 2. The van der Waals surface area contributed by atoms with E-state index < -0.39 is 0 Å². The van der Waals surface area contributed by atoms with Gasteiger partial charge in [0.2, 0.25) is 0 Å². The largest absolute Gasteiger partial charge is 0.354 e. The number of rotatable bonds is 5. The predicted molar refractivity (Wildman–Crippen MR) is 64.4 cm³/mol. The summed E-state index contributed by atoms with van der Waals surface area (Å²) in [6.07, 6.45) is 1.21. The third-order valence-corrected chi connectivity index (χ3v) is 2.36. The number of benzene rings is 1. The molecule has 0 radical (unpaired) electrons. The molecule has 0 aliphatic carbocycles. The average Bonchev–Trinajstić information content (AvgIpc) is 2.23. The second-order valence-corrected chi connectivity index (χ2v) is 4.01. The van der Waals surface area contributed by atoms with E-state index in [9.17, 15) is 4.39 Å². The summed E-state index contributed by atoms with van der Waals surface area (Å²) >= 11 is 3.21. The van der Waals surface area contributed by atoms with E-state index in [-0.39, 0.29) is 12.1 Å². The minimum Gasteiger partial charge on any atom is -0.354 e. The van der Waals surface area contributed by atoms with E-state index >= 15 is 0 Å². The van der Waals surface area contributed by atoms with Crippen molar-refractivity contribution >= 4 is 22.1 Å². The Morgan fingerprint density at radius 2 is 2.06 bits per heavy atom. The zero-order valence-corrected chi connectivity index (χ0v) is 10.7. The SMILES string of the molecule is COC(CN=Cc1cc(F)cc(Br)c1)OC. The summed E-state index contributed by atoms with van der Waals surface area (Å²) in [4.78, 5) is 4.10. The van der Waals surface area contributed by atoms with Crippen molar-refractivity contribution in [3.05, 3.63) is 34.1 Å². The molecule has 1 aromatic rings. The summed E-state index contributed by atoms with van der Waals surface area (Å²) in [6.45, 7) is 0.376. The second-order valence-electron chi connectivity index (χ2n) is 3.10. The van der Waals surface area contributed by atoms with Gasteiger partial charge in [-0.05, 0) is 23.8 Å². The lowest BCUT2D eigenvalue weighted by atomic mass is 10.2. The maximum atomic E-state index is 13.0. The van der Waals surface area contributed by atoms with Crippen LogP contribution in [0.4, 0.5) is 4.39 Å². The quantitative estimate of drug-likeness (QED) is 0.616. The van der Waals surface area contributed by atoms with Crippen LogP contribution in [-0.2, 0) is 9.47 Å². The van der Waals surface area contributed by atoms with Crippen LogP contribution in [0.1, 0.15) is 5.56 Å². The molecule has 0 bridgehead atoms. The molecule has 0 unspecified atom stereocenters. The molecule has 0 N–H and O–H groups in total. The van der Waals surface area contributed by atoms with Crippen molar-refractivity contribution in [3.8, 4) is 0 Å². The molecule has 0 amide bonds. The van der Waals surface area contributed by atoms with E-state index in [1.807, 2.05) is 0 Å². The van der Waals surface area contributed by atoms with E-state index in [0.29, 0.717) is 16.6 Å². The van der Waals surface area contributed by atoms with Crippen molar-refractivity contribution in [3.63, 3.8) is 0 Å². The highest BCUT2D eigenvalue weighted by atomic mass is 79.9.